The molecule has 0 saturated carbocycles. The van der Waals surface area contributed by atoms with Crippen molar-refractivity contribution in [1.82, 2.24) is 0 Å². The summed E-state index contributed by atoms with van der Waals surface area (Å²) in [5.41, 5.74) is 0.0515. The maximum Gasteiger partial charge on any atom is 0.335 e. The summed E-state index contributed by atoms with van der Waals surface area (Å²) in [4.78, 5) is 10.8. The summed E-state index contributed by atoms with van der Waals surface area (Å²) in [5, 5.41) is 8.95. The molecule has 0 aliphatic heterocycles. The molecule has 6 heteroatoms. The zero-order chi connectivity index (χ0) is 14.0. The van der Waals surface area contributed by atoms with E-state index < -0.39 is 11.8 Å². The Labute approximate surface area is 121 Å². The molecule has 0 fully saturated rings. The fourth-order valence-corrected chi connectivity index (χ4v) is 1.94. The number of carbonyl (C=O) groups is 1. The Balaban J connectivity index is 2.33. The first-order valence-corrected chi connectivity index (χ1v) is 6.30. The summed E-state index contributed by atoms with van der Waals surface area (Å²) < 4.78 is 19.1. The van der Waals surface area contributed by atoms with E-state index in [1.54, 1.807) is 0 Å². The van der Waals surface area contributed by atoms with E-state index in [9.17, 15) is 9.18 Å². The van der Waals surface area contributed by atoms with Gasteiger partial charge in [-0.15, -0.1) is 0 Å². The van der Waals surface area contributed by atoms with Gasteiger partial charge in [-0.2, -0.15) is 0 Å². The van der Waals surface area contributed by atoms with Gasteiger partial charge in [-0.05, 0) is 46.3 Å². The third-order valence-corrected chi connectivity index (χ3v) is 3.24. The van der Waals surface area contributed by atoms with Crippen LogP contribution in [0.4, 0.5) is 4.39 Å². The zero-order valence-electron chi connectivity index (χ0n) is 9.36. The average molecular weight is 346 g/mol. The molecule has 98 valence electrons. The van der Waals surface area contributed by atoms with E-state index in [4.69, 9.17) is 21.4 Å². The van der Waals surface area contributed by atoms with Crippen molar-refractivity contribution in [3.63, 3.8) is 0 Å². The van der Waals surface area contributed by atoms with Crippen molar-refractivity contribution < 1.29 is 19.0 Å². The summed E-state index contributed by atoms with van der Waals surface area (Å²) >= 11 is 9.14. The average Bonchev–Trinajstić information content (AvgIpc) is 2.36. The third kappa shape index (κ3) is 3.24. The molecule has 2 aromatic rings. The van der Waals surface area contributed by atoms with Gasteiger partial charge in [0, 0.05) is 6.07 Å². The molecule has 2 aromatic carbocycles. The molecule has 0 aromatic heterocycles. The van der Waals surface area contributed by atoms with Gasteiger partial charge in [0.05, 0.1) is 15.1 Å². The fraction of sp³-hybridized carbons (Fsp3) is 0. The number of hydrogen-bond acceptors (Lipinski definition) is 2. The molecular formula is C13H7BrClFO3. The van der Waals surface area contributed by atoms with Crippen LogP contribution in [0.3, 0.4) is 0 Å². The van der Waals surface area contributed by atoms with Crippen LogP contribution < -0.4 is 4.74 Å². The number of benzene rings is 2. The van der Waals surface area contributed by atoms with Gasteiger partial charge < -0.3 is 9.84 Å². The van der Waals surface area contributed by atoms with Crippen molar-refractivity contribution in [3.05, 3.63) is 57.3 Å². The second kappa shape index (κ2) is 5.59. The lowest BCUT2D eigenvalue weighted by Crippen LogP contribution is -1.96. The zero-order valence-corrected chi connectivity index (χ0v) is 11.7. The number of rotatable bonds is 3. The molecule has 0 unspecified atom stereocenters. The SMILES string of the molecule is O=C(O)c1ccc(Oc2cc(F)ccc2Br)c(Cl)c1. The lowest BCUT2D eigenvalue weighted by atomic mass is 10.2. The Hall–Kier alpha value is -1.59. The first-order valence-electron chi connectivity index (χ1n) is 5.13. The highest BCUT2D eigenvalue weighted by molar-refractivity contribution is 9.10. The quantitative estimate of drug-likeness (QED) is 0.874. The van der Waals surface area contributed by atoms with E-state index in [1.165, 1.54) is 36.4 Å². The van der Waals surface area contributed by atoms with Gasteiger partial charge in [-0.25, -0.2) is 9.18 Å². The minimum atomic E-state index is -1.08. The predicted molar refractivity (Wildman–Crippen MR) is 72.6 cm³/mol. The molecule has 2 rings (SSSR count). The highest BCUT2D eigenvalue weighted by Gasteiger charge is 2.10. The van der Waals surface area contributed by atoms with Crippen molar-refractivity contribution in [3.8, 4) is 11.5 Å². The van der Waals surface area contributed by atoms with Gasteiger partial charge in [0.25, 0.3) is 0 Å². The standard InChI is InChI=1S/C13H7BrClFO3/c14-9-3-2-8(16)6-12(9)19-11-4-1-7(13(17)18)5-10(11)15/h1-6H,(H,17,18). The van der Waals surface area contributed by atoms with Gasteiger partial charge in [0.2, 0.25) is 0 Å². The second-order valence-corrected chi connectivity index (χ2v) is 4.89. The number of carboxylic acids is 1. The highest BCUT2D eigenvalue weighted by atomic mass is 79.9. The molecule has 1 N–H and O–H groups in total. The molecule has 0 aliphatic rings. The Morgan fingerprint density at radius 1 is 1.21 bits per heavy atom. The number of ether oxygens (including phenoxy) is 1. The second-order valence-electron chi connectivity index (χ2n) is 3.63. The Morgan fingerprint density at radius 2 is 1.95 bits per heavy atom. The summed E-state index contributed by atoms with van der Waals surface area (Å²) in [5.74, 6) is -1.03. The topological polar surface area (TPSA) is 46.5 Å². The van der Waals surface area contributed by atoms with Crippen LogP contribution in [0.5, 0.6) is 11.5 Å². The van der Waals surface area contributed by atoms with Gasteiger partial charge in [-0.1, -0.05) is 11.6 Å². The van der Waals surface area contributed by atoms with Crippen LogP contribution in [-0.2, 0) is 0 Å². The van der Waals surface area contributed by atoms with Crippen molar-refractivity contribution >= 4 is 33.5 Å². The maximum atomic E-state index is 13.1. The number of halogens is 3. The predicted octanol–water partition coefficient (Wildman–Crippen LogP) is 4.73. The normalized spacial score (nSPS) is 10.3. The first-order chi connectivity index (χ1) is 8.97. The van der Waals surface area contributed by atoms with Crippen LogP contribution in [0.25, 0.3) is 0 Å². The van der Waals surface area contributed by atoms with Gasteiger partial charge in [-0.3, -0.25) is 0 Å². The van der Waals surface area contributed by atoms with E-state index >= 15 is 0 Å². The Kier molecular flexibility index (Phi) is 4.07. The molecule has 0 saturated heterocycles. The molecule has 3 nitrogen and oxygen atoms in total. The Bertz CT molecular complexity index is 646. The molecule has 0 aliphatic carbocycles. The van der Waals surface area contributed by atoms with Crippen molar-refractivity contribution in [2.45, 2.75) is 0 Å². The van der Waals surface area contributed by atoms with E-state index in [1.807, 2.05) is 0 Å². The van der Waals surface area contributed by atoms with Crippen LogP contribution >= 0.6 is 27.5 Å². The van der Waals surface area contributed by atoms with E-state index in [2.05, 4.69) is 15.9 Å². The van der Waals surface area contributed by atoms with E-state index in [-0.39, 0.29) is 22.1 Å². The largest absolute Gasteiger partial charge is 0.478 e. The molecule has 0 atom stereocenters. The summed E-state index contributed by atoms with van der Waals surface area (Å²) in [6.45, 7) is 0. The molecule has 0 radical (unpaired) electrons. The van der Waals surface area contributed by atoms with Crippen molar-refractivity contribution in [2.75, 3.05) is 0 Å². The van der Waals surface area contributed by atoms with Crippen LogP contribution in [0.2, 0.25) is 5.02 Å². The maximum absolute atomic E-state index is 13.1. The number of hydrogen-bond donors (Lipinski definition) is 1. The minimum Gasteiger partial charge on any atom is -0.478 e. The number of carboxylic acid groups (broad SMARTS) is 1. The lowest BCUT2D eigenvalue weighted by Gasteiger charge is -2.09. The highest BCUT2D eigenvalue weighted by Crippen LogP contribution is 2.34. The smallest absolute Gasteiger partial charge is 0.335 e. The van der Waals surface area contributed by atoms with Crippen molar-refractivity contribution in [1.29, 1.82) is 0 Å². The fourth-order valence-electron chi connectivity index (χ4n) is 1.39. The van der Waals surface area contributed by atoms with E-state index in [0.29, 0.717) is 4.47 Å². The summed E-state index contributed by atoms with van der Waals surface area (Å²) in [6.07, 6.45) is 0. The monoisotopic (exact) mass is 344 g/mol. The van der Waals surface area contributed by atoms with Crippen LogP contribution in [-0.4, -0.2) is 11.1 Å². The lowest BCUT2D eigenvalue weighted by molar-refractivity contribution is 0.0697. The molecule has 19 heavy (non-hydrogen) atoms. The van der Waals surface area contributed by atoms with Crippen LogP contribution in [0, 0.1) is 5.82 Å². The van der Waals surface area contributed by atoms with Crippen molar-refractivity contribution in [2.24, 2.45) is 0 Å². The van der Waals surface area contributed by atoms with Crippen LogP contribution in [0.15, 0.2) is 40.9 Å². The number of aromatic carboxylic acids is 1. The first kappa shape index (κ1) is 13.8. The molecule has 0 heterocycles. The molecule has 0 amide bonds. The molecule has 0 spiro atoms. The van der Waals surface area contributed by atoms with Gasteiger partial charge in [0.1, 0.15) is 17.3 Å². The summed E-state index contributed by atoms with van der Waals surface area (Å²) in [6, 6.07) is 8.04. The van der Waals surface area contributed by atoms with Crippen LogP contribution in [0.1, 0.15) is 10.4 Å². The van der Waals surface area contributed by atoms with Gasteiger partial charge >= 0.3 is 5.97 Å². The third-order valence-electron chi connectivity index (χ3n) is 2.29. The molecule has 0 bridgehead atoms. The Morgan fingerprint density at radius 3 is 2.58 bits per heavy atom. The minimum absolute atomic E-state index is 0.0515. The van der Waals surface area contributed by atoms with E-state index in [0.717, 1.165) is 0 Å². The molecular weight excluding hydrogens is 338 g/mol. The summed E-state index contributed by atoms with van der Waals surface area (Å²) in [7, 11) is 0. The van der Waals surface area contributed by atoms with Gasteiger partial charge in [0.15, 0.2) is 0 Å².